The summed E-state index contributed by atoms with van der Waals surface area (Å²) >= 11 is 1.44. The van der Waals surface area contributed by atoms with Gasteiger partial charge in [-0.1, -0.05) is 48.2 Å². The average Bonchev–Trinajstić information content (AvgIpc) is 3.47. The van der Waals surface area contributed by atoms with Gasteiger partial charge < -0.3 is 5.32 Å². The van der Waals surface area contributed by atoms with Crippen LogP contribution in [0.25, 0.3) is 22.6 Å². The van der Waals surface area contributed by atoms with Crippen molar-refractivity contribution in [3.05, 3.63) is 78.6 Å². The number of hydrogen-bond donors (Lipinski definition) is 1. The van der Waals surface area contributed by atoms with Gasteiger partial charge in [-0.3, -0.25) is 4.79 Å². The van der Waals surface area contributed by atoms with E-state index in [2.05, 4.69) is 30.9 Å². The molecular weight excluding hydrogens is 412 g/mol. The van der Waals surface area contributed by atoms with Crippen molar-refractivity contribution in [2.75, 3.05) is 11.6 Å². The molecule has 0 radical (unpaired) electrons. The van der Waals surface area contributed by atoms with E-state index < -0.39 is 0 Å². The number of carbonyl (C=O) groups excluding carboxylic acids is 1. The third-order valence-corrected chi connectivity index (χ3v) is 5.31. The number of tetrazole rings is 1. The first kappa shape index (κ1) is 18.9. The van der Waals surface area contributed by atoms with Gasteiger partial charge >= 0.3 is 0 Å². The maximum atomic E-state index is 13.0. The van der Waals surface area contributed by atoms with Crippen molar-refractivity contribution < 1.29 is 4.79 Å². The first-order valence-corrected chi connectivity index (χ1v) is 10.6. The Labute approximate surface area is 181 Å². The SMILES string of the molecule is CSc1nnnn1-c1cccc(NC(=O)c2cnn3c(-c4ccccc4)ccnc23)c1. The zero-order valence-electron chi connectivity index (χ0n) is 16.4. The first-order valence-electron chi connectivity index (χ1n) is 9.37. The van der Waals surface area contributed by atoms with E-state index in [9.17, 15) is 4.79 Å². The van der Waals surface area contributed by atoms with Crippen LogP contribution in [0.3, 0.4) is 0 Å². The van der Waals surface area contributed by atoms with Gasteiger partial charge in [-0.2, -0.15) is 9.78 Å². The molecule has 0 saturated heterocycles. The normalized spacial score (nSPS) is 11.0. The van der Waals surface area contributed by atoms with Crippen molar-refractivity contribution in [3.8, 4) is 16.9 Å². The molecule has 152 valence electrons. The summed E-state index contributed by atoms with van der Waals surface area (Å²) in [5.74, 6) is -0.299. The Balaban J connectivity index is 1.46. The molecule has 0 unspecified atom stereocenters. The summed E-state index contributed by atoms with van der Waals surface area (Å²) in [4.78, 5) is 17.4. The molecule has 0 saturated carbocycles. The molecule has 2 aromatic carbocycles. The molecule has 0 bridgehead atoms. The molecule has 5 rings (SSSR count). The van der Waals surface area contributed by atoms with Crippen LogP contribution >= 0.6 is 11.8 Å². The summed E-state index contributed by atoms with van der Waals surface area (Å²) in [5.41, 5.74) is 4.08. The number of benzene rings is 2. The zero-order valence-corrected chi connectivity index (χ0v) is 17.2. The van der Waals surface area contributed by atoms with E-state index in [1.807, 2.05) is 60.9 Å². The Hall–Kier alpha value is -4.05. The molecule has 31 heavy (non-hydrogen) atoms. The van der Waals surface area contributed by atoms with Crippen LogP contribution in [0.4, 0.5) is 5.69 Å². The second-order valence-electron chi connectivity index (χ2n) is 6.57. The fraction of sp³-hybridized carbons (Fsp3) is 0.0476. The molecular formula is C21H16N8OS. The Morgan fingerprint density at radius 2 is 1.94 bits per heavy atom. The number of carbonyl (C=O) groups is 1. The van der Waals surface area contributed by atoms with Crippen LogP contribution in [-0.2, 0) is 0 Å². The highest BCUT2D eigenvalue weighted by Gasteiger charge is 2.17. The summed E-state index contributed by atoms with van der Waals surface area (Å²) < 4.78 is 3.29. The van der Waals surface area contributed by atoms with Crippen LogP contribution in [0.5, 0.6) is 0 Å². The summed E-state index contributed by atoms with van der Waals surface area (Å²) in [6.07, 6.45) is 5.11. The lowest BCUT2D eigenvalue weighted by atomic mass is 10.1. The third kappa shape index (κ3) is 3.53. The highest BCUT2D eigenvalue weighted by atomic mass is 32.2. The zero-order chi connectivity index (χ0) is 21.2. The van der Waals surface area contributed by atoms with Crippen molar-refractivity contribution >= 4 is 29.0 Å². The monoisotopic (exact) mass is 428 g/mol. The van der Waals surface area contributed by atoms with Gasteiger partial charge in [-0.05, 0) is 40.9 Å². The van der Waals surface area contributed by atoms with E-state index in [-0.39, 0.29) is 5.91 Å². The lowest BCUT2D eigenvalue weighted by Crippen LogP contribution is -2.12. The number of nitrogens with zero attached hydrogens (tertiary/aromatic N) is 7. The Bertz CT molecular complexity index is 1380. The van der Waals surface area contributed by atoms with Crippen LogP contribution in [0, 0.1) is 0 Å². The van der Waals surface area contributed by atoms with Gasteiger partial charge in [0.15, 0.2) is 5.65 Å². The number of thioether (sulfide) groups is 1. The number of aromatic nitrogens is 7. The second kappa shape index (κ2) is 8.00. The smallest absolute Gasteiger partial charge is 0.261 e. The Kier molecular flexibility index (Phi) is 4.89. The van der Waals surface area contributed by atoms with E-state index in [1.165, 1.54) is 18.0 Å². The van der Waals surface area contributed by atoms with Crippen LogP contribution in [-0.4, -0.2) is 47.0 Å². The van der Waals surface area contributed by atoms with Crippen molar-refractivity contribution in [2.45, 2.75) is 5.16 Å². The number of rotatable bonds is 5. The summed E-state index contributed by atoms with van der Waals surface area (Å²) in [7, 11) is 0. The first-order chi connectivity index (χ1) is 15.2. The predicted molar refractivity (Wildman–Crippen MR) is 117 cm³/mol. The Morgan fingerprint density at radius 1 is 1.06 bits per heavy atom. The molecule has 5 aromatic rings. The van der Waals surface area contributed by atoms with Crippen LogP contribution < -0.4 is 5.32 Å². The molecule has 0 atom stereocenters. The minimum Gasteiger partial charge on any atom is -0.322 e. The maximum Gasteiger partial charge on any atom is 0.261 e. The molecule has 9 nitrogen and oxygen atoms in total. The van der Waals surface area contributed by atoms with Gasteiger partial charge in [0.05, 0.1) is 17.6 Å². The second-order valence-corrected chi connectivity index (χ2v) is 7.34. The number of amides is 1. The summed E-state index contributed by atoms with van der Waals surface area (Å²) in [5, 5.41) is 19.6. The van der Waals surface area contributed by atoms with Crippen molar-refractivity contribution in [3.63, 3.8) is 0 Å². The largest absolute Gasteiger partial charge is 0.322 e. The number of fused-ring (bicyclic) bond motifs is 1. The molecule has 0 aliphatic heterocycles. The summed E-state index contributed by atoms with van der Waals surface area (Å²) in [6.45, 7) is 0. The van der Waals surface area contributed by atoms with Crippen LogP contribution in [0.2, 0.25) is 0 Å². The average molecular weight is 428 g/mol. The molecule has 1 amide bonds. The van der Waals surface area contributed by atoms with E-state index in [0.29, 0.717) is 22.1 Å². The maximum absolute atomic E-state index is 13.0. The lowest BCUT2D eigenvalue weighted by Gasteiger charge is -2.08. The number of anilines is 1. The lowest BCUT2D eigenvalue weighted by molar-refractivity contribution is 0.102. The molecule has 0 aliphatic carbocycles. The number of hydrogen-bond acceptors (Lipinski definition) is 7. The van der Waals surface area contributed by atoms with Gasteiger partial charge in [0.2, 0.25) is 5.16 Å². The highest BCUT2D eigenvalue weighted by molar-refractivity contribution is 7.98. The highest BCUT2D eigenvalue weighted by Crippen LogP contribution is 2.22. The van der Waals surface area contributed by atoms with Gasteiger partial charge in [-0.25, -0.2) is 9.50 Å². The van der Waals surface area contributed by atoms with Gasteiger partial charge in [0.1, 0.15) is 5.56 Å². The Morgan fingerprint density at radius 3 is 2.77 bits per heavy atom. The molecule has 0 aliphatic rings. The van der Waals surface area contributed by atoms with Crippen LogP contribution in [0.15, 0.2) is 78.2 Å². The molecule has 10 heteroatoms. The van der Waals surface area contributed by atoms with Gasteiger partial charge in [0, 0.05) is 17.4 Å². The van der Waals surface area contributed by atoms with Crippen LogP contribution in [0.1, 0.15) is 10.4 Å². The van der Waals surface area contributed by atoms with E-state index in [4.69, 9.17) is 0 Å². The summed E-state index contributed by atoms with van der Waals surface area (Å²) in [6, 6.07) is 19.0. The van der Waals surface area contributed by atoms with Crippen molar-refractivity contribution in [2.24, 2.45) is 0 Å². The van der Waals surface area contributed by atoms with E-state index in [0.717, 1.165) is 16.9 Å². The van der Waals surface area contributed by atoms with Gasteiger partial charge in [-0.15, -0.1) is 5.10 Å². The van der Waals surface area contributed by atoms with Gasteiger partial charge in [0.25, 0.3) is 5.91 Å². The molecule has 0 fully saturated rings. The van der Waals surface area contributed by atoms with Crippen molar-refractivity contribution in [1.29, 1.82) is 0 Å². The van der Waals surface area contributed by atoms with E-state index in [1.54, 1.807) is 21.5 Å². The predicted octanol–water partition coefficient (Wildman–Crippen LogP) is 3.35. The fourth-order valence-electron chi connectivity index (χ4n) is 3.26. The fourth-order valence-corrected chi connectivity index (χ4v) is 3.69. The minimum absolute atomic E-state index is 0.299. The minimum atomic E-state index is -0.299. The van der Waals surface area contributed by atoms with Crippen molar-refractivity contribution in [1.82, 2.24) is 34.8 Å². The molecule has 1 N–H and O–H groups in total. The van der Waals surface area contributed by atoms with E-state index >= 15 is 0 Å². The third-order valence-electron chi connectivity index (χ3n) is 4.69. The standard InChI is InChI=1S/C21H16N8OS/c1-31-21-25-26-27-28(21)16-9-5-8-15(12-16)24-20(30)17-13-23-29-18(10-11-22-19(17)29)14-6-3-2-4-7-14/h2-13H,1H3,(H,24,30). The molecule has 0 spiro atoms. The molecule has 3 heterocycles. The topological polar surface area (TPSA) is 103 Å². The molecule has 3 aromatic heterocycles. The number of nitrogens with one attached hydrogen (secondary N) is 1. The quantitative estimate of drug-likeness (QED) is 0.428.